The molecule has 1 saturated heterocycles. The number of hydrogen-bond donors (Lipinski definition) is 1. The number of carbonyl (C=O) groups is 1. The molecule has 6 heteroatoms. The molecule has 0 spiro atoms. The van der Waals surface area contributed by atoms with Crippen LogP contribution in [0, 0.1) is 0 Å². The Labute approximate surface area is 109 Å². The highest BCUT2D eigenvalue weighted by Crippen LogP contribution is 2.28. The maximum Gasteiger partial charge on any atom is 0.305 e. The molecule has 1 aromatic heterocycles. The molecular formula is C11H16N2O2S2. The van der Waals surface area contributed by atoms with E-state index in [-0.39, 0.29) is 12.5 Å². The van der Waals surface area contributed by atoms with Crippen molar-refractivity contribution in [3.8, 4) is 0 Å². The van der Waals surface area contributed by atoms with Gasteiger partial charge in [0.1, 0.15) is 0 Å². The van der Waals surface area contributed by atoms with E-state index in [0.29, 0.717) is 0 Å². The molecule has 2 heterocycles. The zero-order valence-electron chi connectivity index (χ0n) is 9.76. The van der Waals surface area contributed by atoms with Gasteiger partial charge in [0, 0.05) is 23.4 Å². The summed E-state index contributed by atoms with van der Waals surface area (Å²) in [4.78, 5) is 17.6. The van der Waals surface area contributed by atoms with Gasteiger partial charge in [-0.2, -0.15) is 11.8 Å². The molecule has 0 aromatic carbocycles. The lowest BCUT2D eigenvalue weighted by molar-refractivity contribution is -0.137. The Morgan fingerprint density at radius 2 is 2.53 bits per heavy atom. The normalized spacial score (nSPS) is 20.5. The lowest BCUT2D eigenvalue weighted by Gasteiger charge is -2.34. The monoisotopic (exact) mass is 272 g/mol. The summed E-state index contributed by atoms with van der Waals surface area (Å²) in [7, 11) is 0. The van der Waals surface area contributed by atoms with Crippen LogP contribution in [0.25, 0.3) is 0 Å². The van der Waals surface area contributed by atoms with Crippen LogP contribution in [0.4, 0.5) is 5.13 Å². The van der Waals surface area contributed by atoms with Crippen molar-refractivity contribution < 1.29 is 9.90 Å². The lowest BCUT2D eigenvalue weighted by atomic mass is 10.2. The van der Waals surface area contributed by atoms with Crippen LogP contribution < -0.4 is 4.90 Å². The summed E-state index contributed by atoms with van der Waals surface area (Å²) in [6.45, 7) is 2.99. The fraction of sp³-hybridized carbons (Fsp3) is 0.636. The number of aliphatic carboxylic acids is 1. The van der Waals surface area contributed by atoms with Gasteiger partial charge in [-0.3, -0.25) is 4.79 Å². The summed E-state index contributed by atoms with van der Waals surface area (Å²) < 4.78 is 0. The highest BCUT2D eigenvalue weighted by atomic mass is 32.2. The van der Waals surface area contributed by atoms with Gasteiger partial charge in [0.25, 0.3) is 0 Å². The first-order valence-corrected chi connectivity index (χ1v) is 7.74. The van der Waals surface area contributed by atoms with E-state index in [0.717, 1.165) is 35.3 Å². The van der Waals surface area contributed by atoms with Gasteiger partial charge in [-0.25, -0.2) is 4.98 Å². The minimum atomic E-state index is -0.727. The number of aryl methyl sites for hydroxylation is 1. The number of anilines is 1. The molecule has 1 fully saturated rings. The van der Waals surface area contributed by atoms with Crippen molar-refractivity contribution in [2.45, 2.75) is 25.8 Å². The second kappa shape index (κ2) is 5.73. The molecule has 1 N–H and O–H groups in total. The molecule has 0 bridgehead atoms. The summed E-state index contributed by atoms with van der Waals surface area (Å²) in [5.41, 5.74) is 1.09. The van der Waals surface area contributed by atoms with Gasteiger partial charge in [0.15, 0.2) is 5.13 Å². The first-order chi connectivity index (χ1) is 8.20. The number of thiazole rings is 1. The highest BCUT2D eigenvalue weighted by Gasteiger charge is 2.26. The molecular weight excluding hydrogens is 256 g/mol. The fourth-order valence-corrected chi connectivity index (χ4v) is 3.94. The van der Waals surface area contributed by atoms with Crippen molar-refractivity contribution in [2.75, 3.05) is 23.0 Å². The Hall–Kier alpha value is -0.750. The van der Waals surface area contributed by atoms with Gasteiger partial charge in [-0.15, -0.1) is 11.3 Å². The Morgan fingerprint density at radius 1 is 1.71 bits per heavy atom. The Bertz CT molecular complexity index is 395. The number of thioether (sulfide) groups is 1. The molecule has 4 nitrogen and oxygen atoms in total. The van der Waals surface area contributed by atoms with Crippen LogP contribution in [-0.2, 0) is 11.2 Å². The van der Waals surface area contributed by atoms with Crippen LogP contribution >= 0.6 is 23.1 Å². The quantitative estimate of drug-likeness (QED) is 0.909. The van der Waals surface area contributed by atoms with Crippen molar-refractivity contribution >= 4 is 34.2 Å². The Kier molecular flexibility index (Phi) is 4.28. The van der Waals surface area contributed by atoms with E-state index in [1.165, 1.54) is 0 Å². The predicted octanol–water partition coefficient (Wildman–Crippen LogP) is 2.10. The first-order valence-electron chi connectivity index (χ1n) is 5.71. The standard InChI is InChI=1S/C11H16N2O2S2/c1-2-8-6-17-11(12-8)13-3-4-16-7-9(13)5-10(14)15/h6,9H,2-5,7H2,1H3,(H,14,15). The van der Waals surface area contributed by atoms with Crippen molar-refractivity contribution in [3.63, 3.8) is 0 Å². The molecule has 1 aliphatic heterocycles. The first kappa shape index (κ1) is 12.7. The molecule has 94 valence electrons. The zero-order valence-corrected chi connectivity index (χ0v) is 11.4. The Morgan fingerprint density at radius 3 is 3.18 bits per heavy atom. The van der Waals surface area contributed by atoms with Crippen molar-refractivity contribution in [1.82, 2.24) is 4.98 Å². The number of hydrogen-bond acceptors (Lipinski definition) is 5. The van der Waals surface area contributed by atoms with E-state index in [9.17, 15) is 4.79 Å². The van der Waals surface area contributed by atoms with Crippen LogP contribution in [-0.4, -0.2) is 40.2 Å². The lowest BCUT2D eigenvalue weighted by Crippen LogP contribution is -2.43. The molecule has 0 aliphatic carbocycles. The molecule has 0 radical (unpaired) electrons. The average molecular weight is 272 g/mol. The third kappa shape index (κ3) is 3.13. The molecule has 17 heavy (non-hydrogen) atoms. The topological polar surface area (TPSA) is 53.4 Å². The molecule has 0 saturated carbocycles. The second-order valence-corrected chi connectivity index (χ2v) is 5.98. The minimum Gasteiger partial charge on any atom is -0.481 e. The average Bonchev–Trinajstić information content (AvgIpc) is 2.77. The molecule has 1 aromatic rings. The van der Waals surface area contributed by atoms with Crippen LogP contribution in [0.5, 0.6) is 0 Å². The molecule has 1 atom stereocenters. The summed E-state index contributed by atoms with van der Waals surface area (Å²) in [5, 5.41) is 12.0. The number of carboxylic acids is 1. The van der Waals surface area contributed by atoms with Crippen LogP contribution in [0.3, 0.4) is 0 Å². The van der Waals surface area contributed by atoms with E-state index in [1.807, 2.05) is 11.8 Å². The smallest absolute Gasteiger partial charge is 0.305 e. The SMILES string of the molecule is CCc1csc(N2CCSCC2CC(=O)O)n1. The van der Waals surface area contributed by atoms with Gasteiger partial charge in [0.2, 0.25) is 0 Å². The van der Waals surface area contributed by atoms with Crippen LogP contribution in [0.15, 0.2) is 5.38 Å². The largest absolute Gasteiger partial charge is 0.481 e. The van der Waals surface area contributed by atoms with E-state index in [1.54, 1.807) is 11.3 Å². The highest BCUT2D eigenvalue weighted by molar-refractivity contribution is 7.99. The number of carboxylic acid groups (broad SMARTS) is 1. The van der Waals surface area contributed by atoms with Crippen molar-refractivity contribution in [3.05, 3.63) is 11.1 Å². The summed E-state index contributed by atoms with van der Waals surface area (Å²) in [6.07, 6.45) is 1.14. The van der Waals surface area contributed by atoms with Crippen molar-refractivity contribution in [2.24, 2.45) is 0 Å². The van der Waals surface area contributed by atoms with Crippen LogP contribution in [0.1, 0.15) is 19.0 Å². The number of rotatable bonds is 4. The van der Waals surface area contributed by atoms with Gasteiger partial charge >= 0.3 is 5.97 Å². The Balaban J connectivity index is 2.12. The van der Waals surface area contributed by atoms with Crippen LogP contribution in [0.2, 0.25) is 0 Å². The molecule has 2 rings (SSSR count). The number of nitrogens with zero attached hydrogens (tertiary/aromatic N) is 2. The van der Waals surface area contributed by atoms with E-state index < -0.39 is 5.97 Å². The second-order valence-electron chi connectivity index (χ2n) is 3.99. The van der Waals surface area contributed by atoms with E-state index in [4.69, 9.17) is 5.11 Å². The van der Waals surface area contributed by atoms with Gasteiger partial charge in [-0.1, -0.05) is 6.92 Å². The van der Waals surface area contributed by atoms with E-state index in [2.05, 4.69) is 22.2 Å². The third-order valence-corrected chi connectivity index (χ3v) is 4.80. The third-order valence-electron chi connectivity index (χ3n) is 2.79. The zero-order chi connectivity index (χ0) is 12.3. The number of aromatic nitrogens is 1. The maximum absolute atomic E-state index is 10.9. The molecule has 1 unspecified atom stereocenters. The summed E-state index contributed by atoms with van der Waals surface area (Å²) >= 11 is 3.45. The van der Waals surface area contributed by atoms with E-state index >= 15 is 0 Å². The van der Waals surface area contributed by atoms with Gasteiger partial charge in [0.05, 0.1) is 18.2 Å². The maximum atomic E-state index is 10.9. The van der Waals surface area contributed by atoms with Gasteiger partial charge < -0.3 is 10.0 Å². The van der Waals surface area contributed by atoms with Gasteiger partial charge in [-0.05, 0) is 6.42 Å². The predicted molar refractivity (Wildman–Crippen MR) is 72.2 cm³/mol. The minimum absolute atomic E-state index is 0.0853. The van der Waals surface area contributed by atoms with Crippen molar-refractivity contribution in [1.29, 1.82) is 0 Å². The molecule has 1 aliphatic rings. The molecule has 0 amide bonds. The summed E-state index contributed by atoms with van der Waals surface area (Å²) in [6, 6.07) is 0.0853. The fourth-order valence-electron chi connectivity index (χ4n) is 1.87. The summed E-state index contributed by atoms with van der Waals surface area (Å²) in [5.74, 6) is 1.21.